The highest BCUT2D eigenvalue weighted by Crippen LogP contribution is 2.11. The zero-order valence-corrected chi connectivity index (χ0v) is 22.9. The Labute approximate surface area is 224 Å². The van der Waals surface area contributed by atoms with Gasteiger partial charge >= 0.3 is 5.97 Å². The number of hydrogen-bond donors (Lipinski definition) is 6. The fourth-order valence-corrected chi connectivity index (χ4v) is 4.16. The van der Waals surface area contributed by atoms with Crippen LogP contribution in [0.5, 0.6) is 0 Å². The number of thioether (sulfide) groups is 1. The van der Waals surface area contributed by atoms with Gasteiger partial charge in [-0.3, -0.25) is 14.4 Å². The molecule has 0 aliphatic rings. The van der Waals surface area contributed by atoms with E-state index in [1.165, 1.54) is 11.8 Å². The van der Waals surface area contributed by atoms with Crippen LogP contribution in [-0.2, 0) is 25.6 Å². The Balaban J connectivity index is 2.95. The summed E-state index contributed by atoms with van der Waals surface area (Å²) in [5.74, 6) is -2.33. The third-order valence-electron chi connectivity index (χ3n) is 6.24. The minimum Gasteiger partial charge on any atom is -0.480 e. The molecule has 3 amide bonds. The monoisotopic (exact) mass is 537 g/mol. The molecule has 0 aliphatic heterocycles. The molecule has 0 radical (unpaired) electrons. The molecule has 5 atom stereocenters. The first-order valence-corrected chi connectivity index (χ1v) is 14.2. The van der Waals surface area contributed by atoms with Gasteiger partial charge in [0.2, 0.25) is 17.7 Å². The van der Waals surface area contributed by atoms with Crippen LogP contribution in [0.25, 0.3) is 0 Å². The molecule has 0 spiro atoms. The molecule has 0 bridgehead atoms. The first kappa shape index (κ1) is 32.4. The summed E-state index contributed by atoms with van der Waals surface area (Å²) in [5, 5.41) is 17.7. The molecule has 0 saturated heterocycles. The van der Waals surface area contributed by atoms with Crippen LogP contribution in [-0.4, -0.2) is 71.5 Å². The molecule has 0 heterocycles. The number of amides is 3. The van der Waals surface area contributed by atoms with Crippen molar-refractivity contribution in [1.29, 1.82) is 0 Å². The first-order chi connectivity index (χ1) is 17.6. The van der Waals surface area contributed by atoms with Gasteiger partial charge in [0.25, 0.3) is 0 Å². The van der Waals surface area contributed by atoms with Gasteiger partial charge in [0.1, 0.15) is 18.1 Å². The predicted octanol–water partition coefficient (Wildman–Crippen LogP) is 1.02. The number of carboxylic acid groups (broad SMARTS) is 1. The van der Waals surface area contributed by atoms with Gasteiger partial charge in [0.05, 0.1) is 6.04 Å². The normalized spacial score (nSPS) is 15.1. The number of unbranched alkanes of at least 4 members (excludes halogenated alkanes) is 1. The van der Waals surface area contributed by atoms with Gasteiger partial charge in [-0.05, 0) is 49.3 Å². The lowest BCUT2D eigenvalue weighted by Crippen LogP contribution is -2.58. The van der Waals surface area contributed by atoms with E-state index in [-0.39, 0.29) is 12.3 Å². The van der Waals surface area contributed by atoms with E-state index in [1.54, 1.807) is 24.3 Å². The van der Waals surface area contributed by atoms with Crippen molar-refractivity contribution in [2.75, 3.05) is 18.6 Å². The fourth-order valence-electron chi connectivity index (χ4n) is 3.69. The van der Waals surface area contributed by atoms with Crippen molar-refractivity contribution in [3.63, 3.8) is 0 Å². The van der Waals surface area contributed by atoms with Crippen LogP contribution in [0.1, 0.15) is 51.5 Å². The summed E-state index contributed by atoms with van der Waals surface area (Å²) < 4.78 is 0. The summed E-state index contributed by atoms with van der Waals surface area (Å²) >= 11 is 1.50. The summed E-state index contributed by atoms with van der Waals surface area (Å²) in [6.45, 7) is 4.25. The first-order valence-electron chi connectivity index (χ1n) is 12.8. The lowest BCUT2D eigenvalue weighted by molar-refractivity contribution is -0.142. The number of benzene rings is 1. The number of nitrogens with two attached hydrogens (primary N) is 2. The van der Waals surface area contributed by atoms with E-state index < -0.39 is 47.9 Å². The second-order valence-electron chi connectivity index (χ2n) is 9.19. The molecule has 1 rings (SSSR count). The van der Waals surface area contributed by atoms with E-state index in [1.807, 2.05) is 26.2 Å². The summed E-state index contributed by atoms with van der Waals surface area (Å²) in [4.78, 5) is 50.9. The Morgan fingerprint density at radius 3 is 2.16 bits per heavy atom. The quantitative estimate of drug-likeness (QED) is 0.150. The number of rotatable bonds is 18. The largest absolute Gasteiger partial charge is 0.480 e. The number of carbonyl (C=O) groups excluding carboxylic acids is 3. The summed E-state index contributed by atoms with van der Waals surface area (Å²) in [6, 6.07) is 5.23. The maximum Gasteiger partial charge on any atom is 0.326 e. The van der Waals surface area contributed by atoms with Gasteiger partial charge in [-0.1, -0.05) is 57.0 Å². The fraction of sp³-hybridized carbons (Fsp3) is 0.615. The number of nitrogens with one attached hydrogen (secondary N) is 3. The second-order valence-corrected chi connectivity index (χ2v) is 10.2. The van der Waals surface area contributed by atoms with Crippen molar-refractivity contribution in [1.82, 2.24) is 16.0 Å². The molecule has 208 valence electrons. The molecule has 0 saturated carbocycles. The maximum atomic E-state index is 13.3. The van der Waals surface area contributed by atoms with Crippen LogP contribution >= 0.6 is 11.8 Å². The highest BCUT2D eigenvalue weighted by Gasteiger charge is 2.32. The molecule has 8 N–H and O–H groups in total. The second kappa shape index (κ2) is 17.8. The third kappa shape index (κ3) is 12.0. The van der Waals surface area contributed by atoms with Gasteiger partial charge in [-0.2, -0.15) is 11.8 Å². The van der Waals surface area contributed by atoms with Crippen LogP contribution in [0.4, 0.5) is 0 Å². The highest BCUT2D eigenvalue weighted by molar-refractivity contribution is 7.98. The molecule has 5 unspecified atom stereocenters. The van der Waals surface area contributed by atoms with Crippen molar-refractivity contribution in [3.05, 3.63) is 35.9 Å². The van der Waals surface area contributed by atoms with Crippen molar-refractivity contribution >= 4 is 35.5 Å². The molecular formula is C26H43N5O5S. The lowest BCUT2D eigenvalue weighted by Gasteiger charge is -2.28. The topological polar surface area (TPSA) is 177 Å². The van der Waals surface area contributed by atoms with E-state index in [9.17, 15) is 24.3 Å². The van der Waals surface area contributed by atoms with Crippen molar-refractivity contribution in [2.45, 2.75) is 76.5 Å². The number of carbonyl (C=O) groups is 4. The van der Waals surface area contributed by atoms with Crippen molar-refractivity contribution < 1.29 is 24.3 Å². The van der Waals surface area contributed by atoms with Crippen molar-refractivity contribution in [2.24, 2.45) is 17.4 Å². The maximum absolute atomic E-state index is 13.3. The Morgan fingerprint density at radius 2 is 1.59 bits per heavy atom. The third-order valence-corrected chi connectivity index (χ3v) is 6.88. The summed E-state index contributed by atoms with van der Waals surface area (Å²) in [5.41, 5.74) is 12.3. The van der Waals surface area contributed by atoms with E-state index in [0.29, 0.717) is 38.0 Å². The summed E-state index contributed by atoms with van der Waals surface area (Å²) in [6.07, 6.45) is 4.81. The Morgan fingerprint density at radius 1 is 0.946 bits per heavy atom. The van der Waals surface area contributed by atoms with Gasteiger partial charge in [0.15, 0.2) is 0 Å². The zero-order valence-electron chi connectivity index (χ0n) is 22.1. The van der Waals surface area contributed by atoms with Crippen LogP contribution in [0, 0.1) is 5.92 Å². The van der Waals surface area contributed by atoms with Crippen LogP contribution in [0.15, 0.2) is 30.3 Å². The SMILES string of the molecule is CCC(C)C(NC(=O)C(N)CCCCN)C(=O)NC(CCSC)C(=O)NC(Cc1ccccc1)C(=O)O. The minimum absolute atomic E-state index is 0.110. The van der Waals surface area contributed by atoms with Gasteiger partial charge < -0.3 is 32.5 Å². The van der Waals surface area contributed by atoms with E-state index >= 15 is 0 Å². The molecule has 10 nitrogen and oxygen atoms in total. The standard InChI is InChI=1S/C26H43N5O5S/c1-4-17(2)22(31-23(32)19(28)12-8-9-14-27)25(34)29-20(13-15-37-3)24(33)30-21(26(35)36)16-18-10-6-5-7-11-18/h5-7,10-11,17,19-22H,4,8-9,12-16,27-28H2,1-3H3,(H,29,34)(H,30,33)(H,31,32)(H,35,36). The molecular weight excluding hydrogens is 494 g/mol. The number of aliphatic carboxylic acids is 1. The Hall–Kier alpha value is -2.63. The molecule has 11 heteroatoms. The predicted molar refractivity (Wildman–Crippen MR) is 147 cm³/mol. The Bertz CT molecular complexity index is 857. The number of carboxylic acids is 1. The lowest BCUT2D eigenvalue weighted by atomic mass is 9.97. The minimum atomic E-state index is -1.17. The van der Waals surface area contributed by atoms with E-state index in [4.69, 9.17) is 11.5 Å². The average molecular weight is 538 g/mol. The average Bonchev–Trinajstić information content (AvgIpc) is 2.88. The van der Waals surface area contributed by atoms with Crippen LogP contribution in [0.3, 0.4) is 0 Å². The van der Waals surface area contributed by atoms with Gasteiger partial charge in [-0.25, -0.2) is 4.79 Å². The molecule has 0 aliphatic carbocycles. The van der Waals surface area contributed by atoms with E-state index in [2.05, 4.69) is 16.0 Å². The molecule has 0 aromatic heterocycles. The van der Waals surface area contributed by atoms with Crippen LogP contribution < -0.4 is 27.4 Å². The van der Waals surface area contributed by atoms with Gasteiger partial charge in [-0.15, -0.1) is 0 Å². The van der Waals surface area contributed by atoms with Crippen LogP contribution in [0.2, 0.25) is 0 Å². The van der Waals surface area contributed by atoms with E-state index in [0.717, 1.165) is 12.0 Å². The Kier molecular flexibility index (Phi) is 15.6. The summed E-state index contributed by atoms with van der Waals surface area (Å²) in [7, 11) is 0. The molecule has 0 fully saturated rings. The highest BCUT2D eigenvalue weighted by atomic mass is 32.2. The zero-order chi connectivity index (χ0) is 27.8. The number of hydrogen-bond acceptors (Lipinski definition) is 7. The van der Waals surface area contributed by atoms with Crippen molar-refractivity contribution in [3.8, 4) is 0 Å². The molecule has 1 aromatic carbocycles. The smallest absolute Gasteiger partial charge is 0.326 e. The molecule has 37 heavy (non-hydrogen) atoms. The van der Waals surface area contributed by atoms with Gasteiger partial charge in [0, 0.05) is 6.42 Å². The molecule has 1 aromatic rings.